The van der Waals surface area contributed by atoms with E-state index in [2.05, 4.69) is 0 Å². The van der Waals surface area contributed by atoms with Crippen molar-refractivity contribution in [1.82, 2.24) is 0 Å². The third kappa shape index (κ3) is 2.02. The van der Waals surface area contributed by atoms with Gasteiger partial charge in [0.1, 0.15) is 0 Å². The zero-order valence-electron chi connectivity index (χ0n) is 12.2. The van der Waals surface area contributed by atoms with Crippen LogP contribution >= 0.6 is 0 Å². The van der Waals surface area contributed by atoms with Gasteiger partial charge in [-0.05, 0) is 24.6 Å². The van der Waals surface area contributed by atoms with Crippen molar-refractivity contribution in [3.8, 4) is 0 Å². The lowest BCUT2D eigenvalue weighted by Gasteiger charge is -2.23. The van der Waals surface area contributed by atoms with Crippen LogP contribution in [0.1, 0.15) is 24.0 Å². The van der Waals surface area contributed by atoms with Crippen LogP contribution in [-0.4, -0.2) is 39.2 Å². The van der Waals surface area contributed by atoms with Gasteiger partial charge >= 0.3 is 5.97 Å². The van der Waals surface area contributed by atoms with Gasteiger partial charge in [-0.3, -0.25) is 9.59 Å². The molecule has 1 aromatic rings. The fourth-order valence-electron chi connectivity index (χ4n) is 2.85. The summed E-state index contributed by atoms with van der Waals surface area (Å²) in [5, 5.41) is 0. The van der Waals surface area contributed by atoms with Crippen molar-refractivity contribution in [3.05, 3.63) is 29.3 Å². The second-order valence-corrected chi connectivity index (χ2v) is 5.27. The van der Waals surface area contributed by atoms with E-state index in [1.54, 1.807) is 13.1 Å². The second kappa shape index (κ2) is 4.82. The Morgan fingerprint density at radius 2 is 2.05 bits per heavy atom. The minimum absolute atomic E-state index is 0.285. The molecule has 3 rings (SSSR count). The smallest absolute Gasteiger partial charge is 0.322 e. The standard InChI is InChI=1S/C15H17NO5/c1-15(20-6-7-21-15)9-4-5-11-10(8-9)12(14(18)19-3)13(17)16(11)2/h4-5,8,12H,6-7H2,1-3H3. The molecule has 6 heteroatoms. The molecule has 0 spiro atoms. The Morgan fingerprint density at radius 3 is 2.67 bits per heavy atom. The van der Waals surface area contributed by atoms with Crippen LogP contribution in [0.15, 0.2) is 18.2 Å². The number of amides is 1. The van der Waals surface area contributed by atoms with Gasteiger partial charge in [0.25, 0.3) is 0 Å². The number of hydrogen-bond acceptors (Lipinski definition) is 5. The molecular weight excluding hydrogens is 274 g/mol. The highest BCUT2D eigenvalue weighted by Gasteiger charge is 2.43. The van der Waals surface area contributed by atoms with Crippen LogP contribution in [0.4, 0.5) is 5.69 Å². The summed E-state index contributed by atoms with van der Waals surface area (Å²) in [6.45, 7) is 2.87. The van der Waals surface area contributed by atoms with Crippen molar-refractivity contribution in [3.63, 3.8) is 0 Å². The highest BCUT2D eigenvalue weighted by Crippen LogP contribution is 2.41. The molecule has 0 saturated carbocycles. The molecule has 0 bridgehead atoms. The highest BCUT2D eigenvalue weighted by molar-refractivity contribution is 6.15. The van der Waals surface area contributed by atoms with Gasteiger partial charge in [-0.15, -0.1) is 0 Å². The van der Waals surface area contributed by atoms with Crippen molar-refractivity contribution in [2.45, 2.75) is 18.6 Å². The molecule has 1 unspecified atom stereocenters. The molecule has 1 amide bonds. The van der Waals surface area contributed by atoms with Gasteiger partial charge in [0, 0.05) is 18.3 Å². The summed E-state index contributed by atoms with van der Waals surface area (Å²) in [5.41, 5.74) is 2.13. The lowest BCUT2D eigenvalue weighted by molar-refractivity contribution is -0.150. The quantitative estimate of drug-likeness (QED) is 0.604. The Balaban J connectivity index is 2.07. The number of esters is 1. The van der Waals surface area contributed by atoms with Crippen LogP contribution < -0.4 is 4.90 Å². The molecule has 21 heavy (non-hydrogen) atoms. The number of ether oxygens (including phenoxy) is 3. The molecule has 1 atom stereocenters. The highest BCUT2D eigenvalue weighted by atomic mass is 16.7. The molecule has 0 N–H and O–H groups in total. The van der Waals surface area contributed by atoms with Crippen molar-refractivity contribution in [2.75, 3.05) is 32.3 Å². The van der Waals surface area contributed by atoms with E-state index in [4.69, 9.17) is 14.2 Å². The zero-order valence-corrected chi connectivity index (χ0v) is 12.2. The first-order valence-electron chi connectivity index (χ1n) is 6.75. The largest absolute Gasteiger partial charge is 0.468 e. The normalized spacial score (nSPS) is 23.3. The Labute approximate surface area is 122 Å². The summed E-state index contributed by atoms with van der Waals surface area (Å²) in [6.07, 6.45) is 0. The molecule has 2 aliphatic rings. The predicted molar refractivity (Wildman–Crippen MR) is 73.9 cm³/mol. The van der Waals surface area contributed by atoms with Crippen LogP contribution in [-0.2, 0) is 29.6 Å². The summed E-state index contributed by atoms with van der Waals surface area (Å²) in [6, 6.07) is 5.46. The molecule has 112 valence electrons. The van der Waals surface area contributed by atoms with E-state index < -0.39 is 17.7 Å². The van der Waals surface area contributed by atoms with E-state index in [9.17, 15) is 9.59 Å². The van der Waals surface area contributed by atoms with Gasteiger partial charge in [-0.2, -0.15) is 0 Å². The number of methoxy groups -OCH3 is 1. The van der Waals surface area contributed by atoms with E-state index in [-0.39, 0.29) is 5.91 Å². The first-order valence-corrected chi connectivity index (χ1v) is 6.75. The lowest BCUT2D eigenvalue weighted by atomic mass is 9.96. The summed E-state index contributed by atoms with van der Waals surface area (Å²) < 4.78 is 16.0. The van der Waals surface area contributed by atoms with Gasteiger partial charge in [0.05, 0.1) is 20.3 Å². The minimum Gasteiger partial charge on any atom is -0.468 e. The minimum atomic E-state index is -0.917. The van der Waals surface area contributed by atoms with Crippen LogP contribution in [0.3, 0.4) is 0 Å². The zero-order chi connectivity index (χ0) is 15.2. The van der Waals surface area contributed by atoms with Crippen molar-refractivity contribution in [1.29, 1.82) is 0 Å². The number of benzene rings is 1. The van der Waals surface area contributed by atoms with E-state index in [1.165, 1.54) is 12.0 Å². The maximum absolute atomic E-state index is 12.2. The summed E-state index contributed by atoms with van der Waals surface area (Å²) >= 11 is 0. The van der Waals surface area contributed by atoms with Crippen molar-refractivity contribution in [2.24, 2.45) is 0 Å². The third-order valence-electron chi connectivity index (χ3n) is 4.08. The molecule has 1 aromatic carbocycles. The Hall–Kier alpha value is -1.92. The van der Waals surface area contributed by atoms with Gasteiger partial charge in [0.15, 0.2) is 11.7 Å². The van der Waals surface area contributed by atoms with E-state index in [0.29, 0.717) is 24.5 Å². The van der Waals surface area contributed by atoms with Gasteiger partial charge in [0.2, 0.25) is 5.91 Å². The average molecular weight is 291 g/mol. The Bertz CT molecular complexity index is 606. The summed E-state index contributed by atoms with van der Waals surface area (Å²) in [4.78, 5) is 25.6. The molecule has 0 aromatic heterocycles. The monoisotopic (exact) mass is 291 g/mol. The van der Waals surface area contributed by atoms with Gasteiger partial charge in [-0.1, -0.05) is 6.07 Å². The SMILES string of the molecule is COC(=O)C1C(=O)N(C)c2ccc(C3(C)OCCO3)cc21. The number of carbonyl (C=O) groups excluding carboxylic acids is 2. The van der Waals surface area contributed by atoms with E-state index in [0.717, 1.165) is 5.56 Å². The average Bonchev–Trinajstić information content (AvgIpc) is 3.03. The fourth-order valence-corrected chi connectivity index (χ4v) is 2.85. The number of nitrogens with zero attached hydrogens (tertiary/aromatic N) is 1. The second-order valence-electron chi connectivity index (χ2n) is 5.27. The molecule has 2 aliphatic heterocycles. The number of carbonyl (C=O) groups is 2. The number of hydrogen-bond donors (Lipinski definition) is 0. The molecule has 6 nitrogen and oxygen atoms in total. The summed E-state index contributed by atoms with van der Waals surface area (Å²) in [7, 11) is 2.93. The first kappa shape index (κ1) is 14.0. The van der Waals surface area contributed by atoms with Crippen molar-refractivity contribution >= 4 is 17.6 Å². The topological polar surface area (TPSA) is 65.1 Å². The van der Waals surface area contributed by atoms with Crippen molar-refractivity contribution < 1.29 is 23.8 Å². The van der Waals surface area contributed by atoms with Crippen LogP contribution in [0.2, 0.25) is 0 Å². The van der Waals surface area contributed by atoms with Crippen LogP contribution in [0.5, 0.6) is 0 Å². The van der Waals surface area contributed by atoms with Crippen LogP contribution in [0, 0.1) is 0 Å². The maximum Gasteiger partial charge on any atom is 0.322 e. The maximum atomic E-state index is 12.2. The number of likely N-dealkylation sites (N-methyl/N-ethyl adjacent to an activating group) is 1. The number of rotatable bonds is 2. The van der Waals surface area contributed by atoms with Crippen LogP contribution in [0.25, 0.3) is 0 Å². The Kier molecular flexibility index (Phi) is 3.22. The number of fused-ring (bicyclic) bond motifs is 1. The van der Waals surface area contributed by atoms with E-state index >= 15 is 0 Å². The van der Waals surface area contributed by atoms with Gasteiger partial charge < -0.3 is 19.1 Å². The predicted octanol–water partition coefficient (Wildman–Crippen LogP) is 1.14. The first-order chi connectivity index (χ1) is 9.98. The molecule has 1 fully saturated rings. The summed E-state index contributed by atoms with van der Waals surface area (Å²) in [5.74, 6) is -2.59. The fraction of sp³-hybridized carbons (Fsp3) is 0.467. The molecule has 1 saturated heterocycles. The number of anilines is 1. The lowest BCUT2D eigenvalue weighted by Crippen LogP contribution is -2.28. The molecular formula is C15H17NO5. The molecule has 2 heterocycles. The molecule has 0 radical (unpaired) electrons. The van der Waals surface area contributed by atoms with Gasteiger partial charge in [-0.25, -0.2) is 0 Å². The molecule has 0 aliphatic carbocycles. The van der Waals surface area contributed by atoms with E-state index in [1.807, 2.05) is 19.1 Å². The Morgan fingerprint density at radius 1 is 1.38 bits per heavy atom. The third-order valence-corrected chi connectivity index (χ3v) is 4.08.